The molecule has 24 heavy (non-hydrogen) atoms. The number of nitrogens with one attached hydrogen (secondary N) is 2. The molecule has 130 valence electrons. The summed E-state index contributed by atoms with van der Waals surface area (Å²) in [6, 6.07) is 9.59. The second-order valence-corrected chi connectivity index (χ2v) is 7.03. The minimum atomic E-state index is -0.470. The first kappa shape index (κ1) is 18.5. The first-order valence-electron chi connectivity index (χ1n) is 8.21. The van der Waals surface area contributed by atoms with Gasteiger partial charge in [-0.2, -0.15) is 0 Å². The van der Waals surface area contributed by atoms with Gasteiger partial charge in [-0.25, -0.2) is 4.79 Å². The third-order valence-corrected chi connectivity index (χ3v) is 5.36. The highest BCUT2D eigenvalue weighted by Gasteiger charge is 2.30. The van der Waals surface area contributed by atoms with Crippen molar-refractivity contribution < 1.29 is 9.59 Å². The Kier molecular flexibility index (Phi) is 7.34. The predicted molar refractivity (Wildman–Crippen MR) is 98.0 cm³/mol. The van der Waals surface area contributed by atoms with Crippen molar-refractivity contribution in [2.24, 2.45) is 5.92 Å². The van der Waals surface area contributed by atoms with E-state index in [4.69, 9.17) is 0 Å². The standard InChI is InChI=1S/C18H25N3O2S/c1-3-10-19-18(23)20-17(22)14(2)21-11-9-15(12-21)13-24-16-7-5-4-6-8-16/h3-8,14-15H,1,9-13H2,2H3,(H2,19,20,22,23)/t14-,15+/m1/s1. The number of hydrogen-bond donors (Lipinski definition) is 2. The van der Waals surface area contributed by atoms with Gasteiger partial charge in [0.25, 0.3) is 0 Å². The molecule has 0 saturated carbocycles. The summed E-state index contributed by atoms with van der Waals surface area (Å²) in [5, 5.41) is 4.93. The minimum absolute atomic E-state index is 0.257. The van der Waals surface area contributed by atoms with Gasteiger partial charge in [-0.05, 0) is 37.9 Å². The van der Waals surface area contributed by atoms with Crippen LogP contribution in [0.5, 0.6) is 0 Å². The molecule has 1 fully saturated rings. The van der Waals surface area contributed by atoms with Crippen molar-refractivity contribution in [3.8, 4) is 0 Å². The number of rotatable bonds is 7. The van der Waals surface area contributed by atoms with E-state index in [2.05, 4.69) is 34.2 Å². The number of thioether (sulfide) groups is 1. The van der Waals surface area contributed by atoms with Crippen LogP contribution in [0.1, 0.15) is 13.3 Å². The fraction of sp³-hybridized carbons (Fsp3) is 0.444. The molecule has 0 aromatic heterocycles. The lowest BCUT2D eigenvalue weighted by atomic mass is 10.2. The van der Waals surface area contributed by atoms with Crippen LogP contribution in [0.2, 0.25) is 0 Å². The largest absolute Gasteiger partial charge is 0.334 e. The van der Waals surface area contributed by atoms with Crippen molar-refractivity contribution in [1.82, 2.24) is 15.5 Å². The minimum Gasteiger partial charge on any atom is -0.334 e. The third-order valence-electron chi connectivity index (χ3n) is 4.12. The first-order valence-corrected chi connectivity index (χ1v) is 9.20. The maximum Gasteiger partial charge on any atom is 0.321 e. The van der Waals surface area contributed by atoms with Crippen LogP contribution in [-0.4, -0.2) is 48.3 Å². The topological polar surface area (TPSA) is 61.4 Å². The van der Waals surface area contributed by atoms with Gasteiger partial charge in [0.15, 0.2) is 0 Å². The average Bonchev–Trinajstić information content (AvgIpc) is 3.07. The van der Waals surface area contributed by atoms with Gasteiger partial charge in [0.05, 0.1) is 6.04 Å². The molecule has 0 spiro atoms. The molecule has 1 aliphatic heterocycles. The van der Waals surface area contributed by atoms with Crippen LogP contribution in [0, 0.1) is 5.92 Å². The van der Waals surface area contributed by atoms with Gasteiger partial charge in [0, 0.05) is 23.7 Å². The molecular weight excluding hydrogens is 322 g/mol. The van der Waals surface area contributed by atoms with Crippen LogP contribution in [-0.2, 0) is 4.79 Å². The van der Waals surface area contributed by atoms with Crippen LogP contribution < -0.4 is 10.6 Å². The molecule has 1 aromatic carbocycles. The SMILES string of the molecule is C=CCNC(=O)NC(=O)[C@@H](C)N1CC[C@H](CSc2ccccc2)C1. The van der Waals surface area contributed by atoms with E-state index in [9.17, 15) is 9.59 Å². The summed E-state index contributed by atoms with van der Waals surface area (Å²) in [6.07, 6.45) is 2.66. The summed E-state index contributed by atoms with van der Waals surface area (Å²) in [4.78, 5) is 27.1. The second-order valence-electron chi connectivity index (χ2n) is 5.94. The highest BCUT2D eigenvalue weighted by atomic mass is 32.2. The van der Waals surface area contributed by atoms with Crippen molar-refractivity contribution in [1.29, 1.82) is 0 Å². The van der Waals surface area contributed by atoms with E-state index in [1.807, 2.05) is 36.9 Å². The van der Waals surface area contributed by atoms with Crippen LogP contribution in [0.3, 0.4) is 0 Å². The average molecular weight is 347 g/mol. The summed E-state index contributed by atoms with van der Waals surface area (Å²) in [5.41, 5.74) is 0. The maximum atomic E-state index is 12.1. The quantitative estimate of drug-likeness (QED) is 0.588. The van der Waals surface area contributed by atoms with Crippen LogP contribution in [0.25, 0.3) is 0 Å². The van der Waals surface area contributed by atoms with Crippen LogP contribution in [0.4, 0.5) is 4.79 Å². The Balaban J connectivity index is 1.74. The van der Waals surface area contributed by atoms with E-state index in [0.29, 0.717) is 12.5 Å². The van der Waals surface area contributed by atoms with E-state index < -0.39 is 6.03 Å². The molecule has 6 heteroatoms. The molecule has 5 nitrogen and oxygen atoms in total. The molecule has 0 radical (unpaired) electrons. The van der Waals surface area contributed by atoms with Gasteiger partial charge in [0.1, 0.15) is 0 Å². The lowest BCUT2D eigenvalue weighted by Gasteiger charge is -2.23. The van der Waals surface area contributed by atoms with Crippen molar-refractivity contribution in [2.75, 3.05) is 25.4 Å². The summed E-state index contributed by atoms with van der Waals surface area (Å²) >= 11 is 1.86. The number of urea groups is 1. The molecule has 0 bridgehead atoms. The summed E-state index contributed by atoms with van der Waals surface area (Å²) in [7, 11) is 0. The van der Waals surface area contributed by atoms with Gasteiger partial charge in [-0.3, -0.25) is 15.0 Å². The number of nitrogens with zero attached hydrogens (tertiary/aromatic N) is 1. The number of hydrogen-bond acceptors (Lipinski definition) is 4. The van der Waals surface area contributed by atoms with Gasteiger partial charge < -0.3 is 5.32 Å². The molecule has 2 N–H and O–H groups in total. The zero-order valence-electron chi connectivity index (χ0n) is 14.0. The number of likely N-dealkylation sites (tertiary alicyclic amines) is 1. The van der Waals surface area contributed by atoms with E-state index in [0.717, 1.165) is 25.3 Å². The van der Waals surface area contributed by atoms with Gasteiger partial charge in [-0.1, -0.05) is 24.3 Å². The Morgan fingerprint density at radius 1 is 1.42 bits per heavy atom. The summed E-state index contributed by atoms with van der Waals surface area (Å²) < 4.78 is 0. The molecule has 1 aromatic rings. The molecule has 1 saturated heterocycles. The summed E-state index contributed by atoms with van der Waals surface area (Å²) in [6.45, 7) is 7.50. The number of amides is 3. The predicted octanol–water partition coefficient (Wildman–Crippen LogP) is 2.50. The Hall–Kier alpha value is -1.79. The van der Waals surface area contributed by atoms with E-state index in [1.165, 1.54) is 4.90 Å². The first-order chi connectivity index (χ1) is 11.6. The molecule has 1 aliphatic rings. The Bertz CT molecular complexity index is 565. The number of carbonyl (C=O) groups is 2. The van der Waals surface area contributed by atoms with Gasteiger partial charge in [-0.15, -0.1) is 18.3 Å². The smallest absolute Gasteiger partial charge is 0.321 e. The second kappa shape index (κ2) is 9.49. The number of carbonyl (C=O) groups excluding carboxylic acids is 2. The molecule has 1 heterocycles. The van der Waals surface area contributed by atoms with E-state index >= 15 is 0 Å². The molecule has 3 amide bonds. The Morgan fingerprint density at radius 3 is 2.88 bits per heavy atom. The Morgan fingerprint density at radius 2 is 2.17 bits per heavy atom. The highest BCUT2D eigenvalue weighted by molar-refractivity contribution is 7.99. The Labute approximate surface area is 147 Å². The zero-order valence-corrected chi connectivity index (χ0v) is 14.8. The fourth-order valence-electron chi connectivity index (χ4n) is 2.67. The van der Waals surface area contributed by atoms with Crippen LogP contribution >= 0.6 is 11.8 Å². The van der Waals surface area contributed by atoms with E-state index in [-0.39, 0.29) is 11.9 Å². The number of benzene rings is 1. The molecular formula is C18H25N3O2S. The fourth-order valence-corrected chi connectivity index (χ4v) is 3.72. The zero-order chi connectivity index (χ0) is 17.4. The van der Waals surface area contributed by atoms with Crippen molar-refractivity contribution in [3.05, 3.63) is 43.0 Å². The van der Waals surface area contributed by atoms with Crippen molar-refractivity contribution in [2.45, 2.75) is 24.3 Å². The third kappa shape index (κ3) is 5.69. The van der Waals surface area contributed by atoms with Crippen molar-refractivity contribution >= 4 is 23.7 Å². The monoisotopic (exact) mass is 347 g/mol. The molecule has 2 atom stereocenters. The molecule has 0 aliphatic carbocycles. The van der Waals surface area contributed by atoms with Crippen LogP contribution in [0.15, 0.2) is 47.9 Å². The lowest BCUT2D eigenvalue weighted by molar-refractivity contribution is -0.124. The van der Waals surface area contributed by atoms with Crippen molar-refractivity contribution in [3.63, 3.8) is 0 Å². The normalized spacial score (nSPS) is 18.8. The molecule has 0 unspecified atom stereocenters. The van der Waals surface area contributed by atoms with Gasteiger partial charge in [0.2, 0.25) is 5.91 Å². The molecule has 2 rings (SSSR count). The number of imide groups is 1. The maximum absolute atomic E-state index is 12.1. The highest BCUT2D eigenvalue weighted by Crippen LogP contribution is 2.26. The summed E-state index contributed by atoms with van der Waals surface area (Å²) in [5.74, 6) is 1.36. The van der Waals surface area contributed by atoms with Gasteiger partial charge >= 0.3 is 6.03 Å². The lowest BCUT2D eigenvalue weighted by Crippen LogP contribution is -2.49. The van der Waals surface area contributed by atoms with E-state index in [1.54, 1.807) is 6.08 Å².